The second-order valence-corrected chi connectivity index (χ2v) is 4.71. The van der Waals surface area contributed by atoms with Crippen LogP contribution in [0.3, 0.4) is 0 Å². The lowest BCUT2D eigenvalue weighted by Crippen LogP contribution is -2.01. The molecular weight excluding hydrogens is 278 g/mol. The Morgan fingerprint density at radius 1 is 1.35 bits per heavy atom. The van der Waals surface area contributed by atoms with Gasteiger partial charge in [-0.2, -0.15) is 5.10 Å². The van der Waals surface area contributed by atoms with Crippen LogP contribution in [0.5, 0.6) is 11.5 Å². The van der Waals surface area contributed by atoms with Crippen molar-refractivity contribution in [3.63, 3.8) is 0 Å². The Bertz CT molecular complexity index is 584. The Morgan fingerprint density at radius 2 is 2.15 bits per heavy atom. The lowest BCUT2D eigenvalue weighted by Gasteiger charge is -2.13. The van der Waals surface area contributed by atoms with Crippen LogP contribution in [-0.2, 0) is 19.7 Å². The minimum Gasteiger partial charge on any atom is -0.493 e. The van der Waals surface area contributed by atoms with Crippen LogP contribution in [0.25, 0.3) is 0 Å². The second kappa shape index (κ2) is 6.63. The average molecular weight is 296 g/mol. The molecule has 0 atom stereocenters. The highest BCUT2D eigenvalue weighted by Crippen LogP contribution is 2.36. The van der Waals surface area contributed by atoms with E-state index in [9.17, 15) is 0 Å². The van der Waals surface area contributed by atoms with Crippen LogP contribution in [0, 0.1) is 0 Å². The van der Waals surface area contributed by atoms with Gasteiger partial charge >= 0.3 is 0 Å². The van der Waals surface area contributed by atoms with Gasteiger partial charge in [0.05, 0.1) is 18.3 Å². The highest BCUT2D eigenvalue weighted by Gasteiger charge is 2.12. The summed E-state index contributed by atoms with van der Waals surface area (Å²) in [5.41, 5.74) is 7.49. The normalized spacial score (nSPS) is 10.6. The first-order chi connectivity index (χ1) is 9.67. The lowest BCUT2D eigenvalue weighted by atomic mass is 10.2. The first-order valence-corrected chi connectivity index (χ1v) is 6.76. The number of aromatic nitrogens is 2. The Balaban J connectivity index is 2.16. The van der Waals surface area contributed by atoms with E-state index in [2.05, 4.69) is 5.10 Å². The van der Waals surface area contributed by atoms with E-state index >= 15 is 0 Å². The van der Waals surface area contributed by atoms with E-state index < -0.39 is 0 Å². The number of methoxy groups -OCH3 is 1. The predicted molar refractivity (Wildman–Crippen MR) is 78.1 cm³/mol. The zero-order valence-electron chi connectivity index (χ0n) is 11.6. The van der Waals surface area contributed by atoms with Crippen molar-refractivity contribution in [1.82, 2.24) is 9.78 Å². The molecular formula is C14H18ClN3O2. The molecule has 1 aromatic carbocycles. The molecule has 1 aromatic heterocycles. The summed E-state index contributed by atoms with van der Waals surface area (Å²) in [6, 6.07) is 3.62. The number of halogens is 1. The molecule has 0 unspecified atom stereocenters. The fraction of sp³-hybridized carbons (Fsp3) is 0.357. The number of benzene rings is 1. The molecule has 2 rings (SSSR count). The van der Waals surface area contributed by atoms with Crippen molar-refractivity contribution >= 4 is 11.6 Å². The van der Waals surface area contributed by atoms with Crippen molar-refractivity contribution in [2.24, 2.45) is 5.73 Å². The standard InChI is InChI=1S/C14H18ClN3O2/c1-3-18-8-11(7-17-18)9-20-14-12(15)4-10(6-16)5-13(14)19-2/h4-5,7-8H,3,6,9,16H2,1-2H3. The summed E-state index contributed by atoms with van der Waals surface area (Å²) in [6.07, 6.45) is 3.72. The predicted octanol–water partition coefficient (Wildman–Crippen LogP) is 2.60. The third kappa shape index (κ3) is 3.23. The van der Waals surface area contributed by atoms with Crippen molar-refractivity contribution in [2.75, 3.05) is 7.11 Å². The van der Waals surface area contributed by atoms with Gasteiger partial charge in [0.25, 0.3) is 0 Å². The number of hydrogen-bond acceptors (Lipinski definition) is 4. The third-order valence-corrected chi connectivity index (χ3v) is 3.20. The van der Waals surface area contributed by atoms with Crippen LogP contribution in [0.15, 0.2) is 24.5 Å². The molecule has 20 heavy (non-hydrogen) atoms. The van der Waals surface area contributed by atoms with Crippen LogP contribution >= 0.6 is 11.6 Å². The second-order valence-electron chi connectivity index (χ2n) is 4.31. The number of rotatable bonds is 6. The van der Waals surface area contributed by atoms with Crippen molar-refractivity contribution in [3.05, 3.63) is 40.7 Å². The summed E-state index contributed by atoms with van der Waals surface area (Å²) in [4.78, 5) is 0. The molecule has 0 radical (unpaired) electrons. The van der Waals surface area contributed by atoms with Gasteiger partial charge in [0.2, 0.25) is 0 Å². The smallest absolute Gasteiger partial charge is 0.180 e. The van der Waals surface area contributed by atoms with Crippen molar-refractivity contribution < 1.29 is 9.47 Å². The van der Waals surface area contributed by atoms with E-state index in [-0.39, 0.29) is 0 Å². The SMILES string of the molecule is CCn1cc(COc2c(Cl)cc(CN)cc2OC)cn1. The average Bonchev–Trinajstić information content (AvgIpc) is 2.93. The molecule has 1 heterocycles. The van der Waals surface area contributed by atoms with E-state index in [1.165, 1.54) is 0 Å². The molecule has 2 N–H and O–H groups in total. The molecule has 0 aliphatic rings. The minimum absolute atomic E-state index is 0.387. The summed E-state index contributed by atoms with van der Waals surface area (Å²) in [6.45, 7) is 3.65. The van der Waals surface area contributed by atoms with Crippen molar-refractivity contribution in [3.8, 4) is 11.5 Å². The molecule has 2 aromatic rings. The largest absolute Gasteiger partial charge is 0.493 e. The number of aryl methyl sites for hydroxylation is 1. The van der Waals surface area contributed by atoms with Gasteiger partial charge in [0, 0.05) is 24.8 Å². The fourth-order valence-corrected chi connectivity index (χ4v) is 2.13. The highest BCUT2D eigenvalue weighted by atomic mass is 35.5. The van der Waals surface area contributed by atoms with Gasteiger partial charge in [-0.05, 0) is 24.6 Å². The molecule has 5 nitrogen and oxygen atoms in total. The summed E-state index contributed by atoms with van der Waals surface area (Å²) in [7, 11) is 1.58. The molecule has 0 aliphatic heterocycles. The van der Waals surface area contributed by atoms with E-state index in [4.69, 9.17) is 26.8 Å². The van der Waals surface area contributed by atoms with E-state index in [1.54, 1.807) is 19.4 Å². The fourth-order valence-electron chi connectivity index (χ4n) is 1.84. The Kier molecular flexibility index (Phi) is 4.87. The van der Waals surface area contributed by atoms with Crippen LogP contribution in [-0.4, -0.2) is 16.9 Å². The number of hydrogen-bond donors (Lipinski definition) is 1. The molecule has 0 aliphatic carbocycles. The zero-order chi connectivity index (χ0) is 14.5. The summed E-state index contributed by atoms with van der Waals surface area (Å²) < 4.78 is 12.9. The van der Waals surface area contributed by atoms with E-state index in [0.717, 1.165) is 17.7 Å². The zero-order valence-corrected chi connectivity index (χ0v) is 12.4. The van der Waals surface area contributed by atoms with E-state index in [1.807, 2.05) is 23.9 Å². The summed E-state index contributed by atoms with van der Waals surface area (Å²) >= 11 is 6.21. The van der Waals surface area contributed by atoms with Gasteiger partial charge in [-0.3, -0.25) is 4.68 Å². The van der Waals surface area contributed by atoms with Gasteiger partial charge < -0.3 is 15.2 Å². The lowest BCUT2D eigenvalue weighted by molar-refractivity contribution is 0.284. The van der Waals surface area contributed by atoms with Crippen LogP contribution < -0.4 is 15.2 Å². The quantitative estimate of drug-likeness (QED) is 0.890. The van der Waals surface area contributed by atoms with Gasteiger partial charge in [0.15, 0.2) is 11.5 Å². The molecule has 0 spiro atoms. The first kappa shape index (κ1) is 14.7. The molecule has 0 bridgehead atoms. The monoisotopic (exact) mass is 295 g/mol. The van der Waals surface area contributed by atoms with E-state index in [0.29, 0.717) is 29.7 Å². The molecule has 6 heteroatoms. The minimum atomic E-state index is 0.387. The summed E-state index contributed by atoms with van der Waals surface area (Å²) in [5.74, 6) is 1.11. The molecule has 0 amide bonds. The topological polar surface area (TPSA) is 62.3 Å². The Hall–Kier alpha value is -1.72. The molecule has 0 fully saturated rings. The maximum atomic E-state index is 6.21. The Labute approximate surface area is 123 Å². The maximum absolute atomic E-state index is 6.21. The maximum Gasteiger partial charge on any atom is 0.180 e. The molecule has 108 valence electrons. The van der Waals surface area contributed by atoms with Crippen LogP contribution in [0.2, 0.25) is 5.02 Å². The van der Waals surface area contributed by atoms with Gasteiger partial charge in [-0.1, -0.05) is 11.6 Å². The highest BCUT2D eigenvalue weighted by molar-refractivity contribution is 6.32. The number of ether oxygens (including phenoxy) is 2. The van der Waals surface area contributed by atoms with Gasteiger partial charge in [0.1, 0.15) is 6.61 Å². The molecule has 0 saturated heterocycles. The van der Waals surface area contributed by atoms with Gasteiger partial charge in [-0.25, -0.2) is 0 Å². The third-order valence-electron chi connectivity index (χ3n) is 2.92. The summed E-state index contributed by atoms with van der Waals surface area (Å²) in [5, 5.41) is 4.69. The molecule has 0 saturated carbocycles. The number of nitrogens with two attached hydrogens (primary N) is 1. The van der Waals surface area contributed by atoms with Gasteiger partial charge in [-0.15, -0.1) is 0 Å². The number of nitrogens with zero attached hydrogens (tertiary/aromatic N) is 2. The van der Waals surface area contributed by atoms with Crippen LogP contribution in [0.4, 0.5) is 0 Å². The van der Waals surface area contributed by atoms with Crippen LogP contribution in [0.1, 0.15) is 18.1 Å². The first-order valence-electron chi connectivity index (χ1n) is 6.38. The Morgan fingerprint density at radius 3 is 2.75 bits per heavy atom. The van der Waals surface area contributed by atoms with Crippen molar-refractivity contribution in [2.45, 2.75) is 26.6 Å². The van der Waals surface area contributed by atoms with Crippen molar-refractivity contribution in [1.29, 1.82) is 0 Å².